The molecule has 0 N–H and O–H groups in total. The predicted octanol–water partition coefficient (Wildman–Crippen LogP) is 1.61. The Kier molecular flexibility index (Phi) is 2.61. The first-order valence-electron chi connectivity index (χ1n) is 2.73. The van der Waals surface area contributed by atoms with Gasteiger partial charge in [-0.05, 0) is 0 Å². The lowest BCUT2D eigenvalue weighted by Crippen LogP contribution is -2.02. The van der Waals surface area contributed by atoms with E-state index < -0.39 is 0 Å². The van der Waals surface area contributed by atoms with E-state index in [-0.39, 0.29) is 4.84 Å². The van der Waals surface area contributed by atoms with E-state index in [9.17, 15) is 0 Å². The van der Waals surface area contributed by atoms with E-state index in [1.807, 2.05) is 0 Å². The predicted molar refractivity (Wildman–Crippen MR) is 38.4 cm³/mol. The average Bonchev–Trinajstić information content (AvgIpc) is 2.15. The standard InChI is InChI=1S/C5H7Cl2NO/c6-4(7)3-5-8-1-2-9-5/h4H,1-3H2. The molecule has 0 bridgehead atoms. The lowest BCUT2D eigenvalue weighted by molar-refractivity contribution is 0.339. The highest BCUT2D eigenvalue weighted by Gasteiger charge is 2.10. The van der Waals surface area contributed by atoms with Crippen molar-refractivity contribution in [1.82, 2.24) is 0 Å². The lowest BCUT2D eigenvalue weighted by Gasteiger charge is -1.99. The fourth-order valence-electron chi connectivity index (χ4n) is 0.635. The molecule has 0 aromatic carbocycles. The molecule has 0 saturated heterocycles. The molecule has 0 atom stereocenters. The first kappa shape index (κ1) is 7.16. The third-order valence-electron chi connectivity index (χ3n) is 0.977. The van der Waals surface area contributed by atoms with Crippen LogP contribution in [0.3, 0.4) is 0 Å². The quantitative estimate of drug-likeness (QED) is 0.574. The Labute approximate surface area is 63.8 Å². The summed E-state index contributed by atoms with van der Waals surface area (Å²) in [6.07, 6.45) is 0.531. The van der Waals surface area contributed by atoms with Crippen molar-refractivity contribution in [2.24, 2.45) is 4.99 Å². The maximum Gasteiger partial charge on any atom is 0.186 e. The van der Waals surface area contributed by atoms with Gasteiger partial charge in [0.05, 0.1) is 13.0 Å². The van der Waals surface area contributed by atoms with Crippen molar-refractivity contribution in [1.29, 1.82) is 0 Å². The second-order valence-electron chi connectivity index (χ2n) is 1.72. The normalized spacial score (nSPS) is 17.9. The Hall–Kier alpha value is 0.0500. The van der Waals surface area contributed by atoms with Crippen LogP contribution in [0.4, 0.5) is 0 Å². The highest BCUT2D eigenvalue weighted by atomic mass is 35.5. The van der Waals surface area contributed by atoms with E-state index in [1.54, 1.807) is 0 Å². The molecule has 1 aliphatic heterocycles. The van der Waals surface area contributed by atoms with E-state index in [0.29, 0.717) is 18.9 Å². The molecular formula is C5H7Cl2NO. The van der Waals surface area contributed by atoms with Gasteiger partial charge in [0, 0.05) is 0 Å². The van der Waals surface area contributed by atoms with E-state index in [4.69, 9.17) is 27.9 Å². The summed E-state index contributed by atoms with van der Waals surface area (Å²) in [7, 11) is 0. The molecule has 9 heavy (non-hydrogen) atoms. The summed E-state index contributed by atoms with van der Waals surface area (Å²) < 4.78 is 5.04. The van der Waals surface area contributed by atoms with Gasteiger partial charge < -0.3 is 4.74 Å². The van der Waals surface area contributed by atoms with Gasteiger partial charge in [-0.25, -0.2) is 0 Å². The molecule has 0 unspecified atom stereocenters. The van der Waals surface area contributed by atoms with Gasteiger partial charge in [-0.3, -0.25) is 4.99 Å². The maximum atomic E-state index is 5.46. The minimum atomic E-state index is -0.387. The highest BCUT2D eigenvalue weighted by molar-refractivity contribution is 6.45. The number of halogens is 2. The van der Waals surface area contributed by atoms with Crippen molar-refractivity contribution < 1.29 is 4.74 Å². The van der Waals surface area contributed by atoms with Gasteiger partial charge in [0.25, 0.3) is 0 Å². The minimum Gasteiger partial charge on any atom is -0.479 e. The third-order valence-corrected chi connectivity index (χ3v) is 1.29. The molecule has 1 aliphatic rings. The van der Waals surface area contributed by atoms with Crippen LogP contribution in [-0.2, 0) is 4.74 Å². The SMILES string of the molecule is ClC(Cl)CC1=NCCO1. The molecule has 0 aromatic rings. The fraction of sp³-hybridized carbons (Fsp3) is 0.800. The molecule has 0 aliphatic carbocycles. The summed E-state index contributed by atoms with van der Waals surface area (Å²) in [6, 6.07) is 0. The summed E-state index contributed by atoms with van der Waals surface area (Å²) in [5.74, 6) is 0.685. The van der Waals surface area contributed by atoms with Crippen molar-refractivity contribution >= 4 is 29.1 Å². The number of hydrogen-bond donors (Lipinski definition) is 0. The Morgan fingerprint density at radius 1 is 1.67 bits per heavy atom. The number of nitrogens with zero attached hydrogens (tertiary/aromatic N) is 1. The van der Waals surface area contributed by atoms with Crippen LogP contribution in [0, 0.1) is 0 Å². The average molecular weight is 168 g/mol. The van der Waals surface area contributed by atoms with Gasteiger partial charge in [0.1, 0.15) is 11.4 Å². The summed E-state index contributed by atoms with van der Waals surface area (Å²) in [4.78, 5) is 3.61. The number of ether oxygens (including phenoxy) is 1. The second kappa shape index (κ2) is 3.28. The molecule has 0 radical (unpaired) electrons. The number of rotatable bonds is 2. The molecule has 52 valence electrons. The van der Waals surface area contributed by atoms with Crippen LogP contribution < -0.4 is 0 Å². The summed E-state index contributed by atoms with van der Waals surface area (Å²) in [5, 5.41) is 0. The molecule has 0 aromatic heterocycles. The Balaban J connectivity index is 2.26. The van der Waals surface area contributed by atoms with Crippen LogP contribution in [0.1, 0.15) is 6.42 Å². The van der Waals surface area contributed by atoms with E-state index in [1.165, 1.54) is 0 Å². The molecule has 0 amide bonds. The second-order valence-corrected chi connectivity index (χ2v) is 3.00. The topological polar surface area (TPSA) is 21.6 Å². The van der Waals surface area contributed by atoms with E-state index in [2.05, 4.69) is 4.99 Å². The summed E-state index contributed by atoms with van der Waals surface area (Å²) >= 11 is 10.9. The molecule has 4 heteroatoms. The zero-order valence-electron chi connectivity index (χ0n) is 4.81. The Morgan fingerprint density at radius 2 is 2.44 bits per heavy atom. The van der Waals surface area contributed by atoms with Gasteiger partial charge in [-0.15, -0.1) is 23.2 Å². The van der Waals surface area contributed by atoms with Gasteiger partial charge in [0.15, 0.2) is 5.90 Å². The largest absolute Gasteiger partial charge is 0.479 e. The first-order chi connectivity index (χ1) is 4.29. The lowest BCUT2D eigenvalue weighted by atomic mass is 10.5. The Morgan fingerprint density at radius 3 is 2.89 bits per heavy atom. The van der Waals surface area contributed by atoms with Crippen LogP contribution >= 0.6 is 23.2 Å². The van der Waals surface area contributed by atoms with Crippen molar-refractivity contribution in [2.75, 3.05) is 13.2 Å². The third kappa shape index (κ3) is 2.41. The maximum absolute atomic E-state index is 5.46. The zero-order valence-corrected chi connectivity index (χ0v) is 6.32. The monoisotopic (exact) mass is 167 g/mol. The minimum absolute atomic E-state index is 0.387. The van der Waals surface area contributed by atoms with Gasteiger partial charge >= 0.3 is 0 Å². The first-order valence-corrected chi connectivity index (χ1v) is 3.60. The van der Waals surface area contributed by atoms with Crippen molar-refractivity contribution in [2.45, 2.75) is 11.3 Å². The fourth-order valence-corrected chi connectivity index (χ4v) is 0.899. The Bertz CT molecular complexity index is 124. The number of hydrogen-bond acceptors (Lipinski definition) is 2. The van der Waals surface area contributed by atoms with Crippen LogP contribution in [0.25, 0.3) is 0 Å². The van der Waals surface area contributed by atoms with Crippen molar-refractivity contribution in [3.63, 3.8) is 0 Å². The van der Waals surface area contributed by atoms with Gasteiger partial charge in [0.2, 0.25) is 0 Å². The molecular weight excluding hydrogens is 161 g/mol. The van der Waals surface area contributed by atoms with Crippen LogP contribution in [0.5, 0.6) is 0 Å². The summed E-state index contributed by atoms with van der Waals surface area (Å²) in [6.45, 7) is 1.42. The molecule has 1 heterocycles. The molecule has 0 spiro atoms. The summed E-state index contributed by atoms with van der Waals surface area (Å²) in [5.41, 5.74) is 0. The van der Waals surface area contributed by atoms with Crippen LogP contribution in [-0.4, -0.2) is 23.9 Å². The number of aliphatic imine (C=N–C) groups is 1. The molecule has 2 nitrogen and oxygen atoms in total. The van der Waals surface area contributed by atoms with Crippen molar-refractivity contribution in [3.8, 4) is 0 Å². The highest BCUT2D eigenvalue weighted by Crippen LogP contribution is 2.10. The van der Waals surface area contributed by atoms with Crippen molar-refractivity contribution in [3.05, 3.63) is 0 Å². The van der Waals surface area contributed by atoms with Crippen LogP contribution in [0.2, 0.25) is 0 Å². The zero-order chi connectivity index (χ0) is 6.69. The van der Waals surface area contributed by atoms with Gasteiger partial charge in [-0.2, -0.15) is 0 Å². The molecule has 1 rings (SSSR count). The van der Waals surface area contributed by atoms with Gasteiger partial charge in [-0.1, -0.05) is 0 Å². The van der Waals surface area contributed by atoms with E-state index >= 15 is 0 Å². The van der Waals surface area contributed by atoms with Crippen LogP contribution in [0.15, 0.2) is 4.99 Å². The van der Waals surface area contributed by atoms with E-state index in [0.717, 1.165) is 6.54 Å². The smallest absolute Gasteiger partial charge is 0.186 e. The molecule has 0 fully saturated rings. The molecule has 0 saturated carbocycles. The number of alkyl halides is 2.